The molecule has 0 aromatic rings. The third-order valence-corrected chi connectivity index (χ3v) is 2.03. The van der Waals surface area contributed by atoms with Crippen molar-refractivity contribution in [2.45, 2.75) is 31.8 Å². The summed E-state index contributed by atoms with van der Waals surface area (Å²) >= 11 is 0. The Bertz CT molecular complexity index is 142. The van der Waals surface area contributed by atoms with Crippen LogP contribution in [0.25, 0.3) is 0 Å². The zero-order valence-corrected chi connectivity index (χ0v) is 7.06. The summed E-state index contributed by atoms with van der Waals surface area (Å²) < 4.78 is 0. The molecule has 1 fully saturated rings. The number of piperidine rings is 1. The topological polar surface area (TPSA) is 24.1 Å². The summed E-state index contributed by atoms with van der Waals surface area (Å²) in [5.74, 6) is 2.67. The second-order valence-electron chi connectivity index (χ2n) is 3.10. The summed E-state index contributed by atoms with van der Waals surface area (Å²) in [5.41, 5.74) is 0. The molecule has 0 aliphatic carbocycles. The molecule has 0 bridgehead atoms. The molecule has 2 atom stereocenters. The average Bonchev–Trinajstić information content (AvgIpc) is 2.06. The highest BCUT2D eigenvalue weighted by molar-refractivity contribution is 4.97. The van der Waals surface area contributed by atoms with Crippen LogP contribution in [0.4, 0.5) is 0 Å². The number of nitrogens with one attached hydrogen (secondary N) is 2. The molecule has 0 radical (unpaired) electrons. The van der Waals surface area contributed by atoms with Crippen molar-refractivity contribution in [2.24, 2.45) is 0 Å². The van der Waals surface area contributed by atoms with Crippen LogP contribution in [-0.2, 0) is 0 Å². The maximum atomic E-state index is 5.26. The SMILES string of the molecule is C#CC(C)NC1CCCNC1. The lowest BCUT2D eigenvalue weighted by Gasteiger charge is -2.25. The Hall–Kier alpha value is -0.520. The molecule has 2 unspecified atom stereocenters. The quantitative estimate of drug-likeness (QED) is 0.558. The molecule has 1 rings (SSSR count). The molecule has 1 heterocycles. The van der Waals surface area contributed by atoms with E-state index in [2.05, 4.69) is 16.6 Å². The average molecular weight is 152 g/mol. The monoisotopic (exact) mass is 152 g/mol. The largest absolute Gasteiger partial charge is 0.315 e. The second kappa shape index (κ2) is 4.38. The van der Waals surface area contributed by atoms with Gasteiger partial charge in [0.15, 0.2) is 0 Å². The first kappa shape index (κ1) is 8.58. The van der Waals surface area contributed by atoms with Gasteiger partial charge in [-0.1, -0.05) is 5.92 Å². The van der Waals surface area contributed by atoms with E-state index in [1.807, 2.05) is 6.92 Å². The summed E-state index contributed by atoms with van der Waals surface area (Å²) in [6, 6.07) is 0.787. The van der Waals surface area contributed by atoms with E-state index in [9.17, 15) is 0 Å². The van der Waals surface area contributed by atoms with E-state index < -0.39 is 0 Å². The second-order valence-corrected chi connectivity index (χ2v) is 3.10. The smallest absolute Gasteiger partial charge is 0.0660 e. The van der Waals surface area contributed by atoms with Gasteiger partial charge in [-0.15, -0.1) is 6.42 Å². The molecular formula is C9H16N2. The summed E-state index contributed by atoms with van der Waals surface area (Å²) in [6.45, 7) is 4.24. The van der Waals surface area contributed by atoms with E-state index in [4.69, 9.17) is 6.42 Å². The number of rotatable bonds is 2. The van der Waals surface area contributed by atoms with Crippen molar-refractivity contribution in [3.05, 3.63) is 0 Å². The Balaban J connectivity index is 2.20. The normalized spacial score (nSPS) is 27.5. The van der Waals surface area contributed by atoms with Gasteiger partial charge in [-0.05, 0) is 26.3 Å². The number of hydrogen-bond acceptors (Lipinski definition) is 2. The van der Waals surface area contributed by atoms with E-state index in [-0.39, 0.29) is 6.04 Å². The lowest BCUT2D eigenvalue weighted by molar-refractivity contribution is 0.381. The van der Waals surface area contributed by atoms with Crippen molar-refractivity contribution in [3.63, 3.8) is 0 Å². The molecular weight excluding hydrogens is 136 g/mol. The predicted molar refractivity (Wildman–Crippen MR) is 47.3 cm³/mol. The van der Waals surface area contributed by atoms with Crippen molar-refractivity contribution >= 4 is 0 Å². The van der Waals surface area contributed by atoms with E-state index >= 15 is 0 Å². The molecule has 0 aromatic carbocycles. The van der Waals surface area contributed by atoms with Crippen LogP contribution in [-0.4, -0.2) is 25.2 Å². The molecule has 1 aliphatic rings. The van der Waals surface area contributed by atoms with Gasteiger partial charge in [-0.25, -0.2) is 0 Å². The Morgan fingerprint density at radius 1 is 1.73 bits per heavy atom. The van der Waals surface area contributed by atoms with Gasteiger partial charge in [-0.2, -0.15) is 0 Å². The Labute approximate surface area is 68.8 Å². The molecule has 1 saturated heterocycles. The van der Waals surface area contributed by atoms with Crippen LogP contribution in [0.1, 0.15) is 19.8 Å². The first-order chi connectivity index (χ1) is 5.33. The zero-order chi connectivity index (χ0) is 8.10. The first-order valence-corrected chi connectivity index (χ1v) is 4.26. The third-order valence-electron chi connectivity index (χ3n) is 2.03. The minimum Gasteiger partial charge on any atom is -0.315 e. The molecule has 0 spiro atoms. The van der Waals surface area contributed by atoms with Crippen molar-refractivity contribution in [1.82, 2.24) is 10.6 Å². The van der Waals surface area contributed by atoms with Gasteiger partial charge >= 0.3 is 0 Å². The van der Waals surface area contributed by atoms with Crippen LogP contribution >= 0.6 is 0 Å². The van der Waals surface area contributed by atoms with E-state index in [1.54, 1.807) is 0 Å². The maximum Gasteiger partial charge on any atom is 0.0660 e. The zero-order valence-electron chi connectivity index (χ0n) is 7.06. The van der Waals surface area contributed by atoms with Crippen LogP contribution in [0.5, 0.6) is 0 Å². The predicted octanol–water partition coefficient (Wildman–Crippen LogP) is 0.350. The standard InChI is InChI=1S/C9H16N2/c1-3-8(2)11-9-5-4-6-10-7-9/h1,8-11H,4-7H2,2H3. The van der Waals surface area contributed by atoms with Crippen LogP contribution in [0.3, 0.4) is 0 Å². The maximum absolute atomic E-state index is 5.26. The summed E-state index contributed by atoms with van der Waals surface area (Å²) in [6.07, 6.45) is 7.76. The van der Waals surface area contributed by atoms with Crippen molar-refractivity contribution < 1.29 is 0 Å². The fraction of sp³-hybridized carbons (Fsp3) is 0.778. The molecule has 1 aliphatic heterocycles. The lowest BCUT2D eigenvalue weighted by atomic mass is 10.1. The highest BCUT2D eigenvalue weighted by Gasteiger charge is 2.13. The minimum absolute atomic E-state index is 0.208. The first-order valence-electron chi connectivity index (χ1n) is 4.26. The fourth-order valence-electron chi connectivity index (χ4n) is 1.40. The Morgan fingerprint density at radius 3 is 3.09 bits per heavy atom. The van der Waals surface area contributed by atoms with E-state index in [1.165, 1.54) is 12.8 Å². The van der Waals surface area contributed by atoms with Gasteiger partial charge in [0.2, 0.25) is 0 Å². The molecule has 2 nitrogen and oxygen atoms in total. The van der Waals surface area contributed by atoms with Crippen molar-refractivity contribution in [1.29, 1.82) is 0 Å². The minimum atomic E-state index is 0.208. The third kappa shape index (κ3) is 2.92. The molecule has 2 N–H and O–H groups in total. The molecule has 62 valence electrons. The molecule has 0 aromatic heterocycles. The van der Waals surface area contributed by atoms with E-state index in [0.29, 0.717) is 6.04 Å². The van der Waals surface area contributed by atoms with Crippen LogP contribution in [0.2, 0.25) is 0 Å². The van der Waals surface area contributed by atoms with Crippen molar-refractivity contribution in [2.75, 3.05) is 13.1 Å². The molecule has 0 saturated carbocycles. The summed E-state index contributed by atoms with van der Waals surface area (Å²) in [5, 5.41) is 6.70. The lowest BCUT2D eigenvalue weighted by Crippen LogP contribution is -2.46. The summed E-state index contributed by atoms with van der Waals surface area (Å²) in [7, 11) is 0. The van der Waals surface area contributed by atoms with Crippen LogP contribution in [0.15, 0.2) is 0 Å². The van der Waals surface area contributed by atoms with Crippen LogP contribution < -0.4 is 10.6 Å². The van der Waals surface area contributed by atoms with Gasteiger partial charge in [-0.3, -0.25) is 5.32 Å². The Morgan fingerprint density at radius 2 is 2.55 bits per heavy atom. The number of terminal acetylenes is 1. The highest BCUT2D eigenvalue weighted by Crippen LogP contribution is 2.01. The van der Waals surface area contributed by atoms with Gasteiger partial charge in [0.1, 0.15) is 0 Å². The molecule has 0 amide bonds. The van der Waals surface area contributed by atoms with Gasteiger partial charge in [0.25, 0.3) is 0 Å². The molecule has 2 heteroatoms. The summed E-state index contributed by atoms with van der Waals surface area (Å²) in [4.78, 5) is 0. The van der Waals surface area contributed by atoms with Gasteiger partial charge < -0.3 is 5.32 Å². The fourth-order valence-corrected chi connectivity index (χ4v) is 1.40. The highest BCUT2D eigenvalue weighted by atomic mass is 15.0. The van der Waals surface area contributed by atoms with E-state index in [0.717, 1.165) is 13.1 Å². The Kier molecular flexibility index (Phi) is 3.41. The van der Waals surface area contributed by atoms with Gasteiger partial charge in [0.05, 0.1) is 6.04 Å². The molecule has 11 heavy (non-hydrogen) atoms. The number of hydrogen-bond donors (Lipinski definition) is 2. The van der Waals surface area contributed by atoms with Gasteiger partial charge in [0, 0.05) is 12.6 Å². The van der Waals surface area contributed by atoms with Crippen LogP contribution in [0, 0.1) is 12.3 Å². The van der Waals surface area contributed by atoms with Crippen molar-refractivity contribution in [3.8, 4) is 12.3 Å².